The summed E-state index contributed by atoms with van der Waals surface area (Å²) in [6, 6.07) is 10.0. The van der Waals surface area contributed by atoms with E-state index in [1.807, 2.05) is 30.3 Å². The first-order valence-corrected chi connectivity index (χ1v) is 14.8. The van der Waals surface area contributed by atoms with Gasteiger partial charge in [-0.2, -0.15) is 0 Å². The van der Waals surface area contributed by atoms with Gasteiger partial charge in [0.2, 0.25) is 0 Å². The van der Waals surface area contributed by atoms with Gasteiger partial charge in [0, 0.05) is 31.6 Å². The smallest absolute Gasteiger partial charge is 0.253 e. The number of rotatable bonds is 13. The molecule has 2 aromatic carbocycles. The van der Waals surface area contributed by atoms with E-state index in [-0.39, 0.29) is 12.0 Å². The summed E-state index contributed by atoms with van der Waals surface area (Å²) in [6.45, 7) is 3.95. The van der Waals surface area contributed by atoms with Crippen LogP contribution in [0.3, 0.4) is 0 Å². The lowest BCUT2D eigenvalue weighted by Crippen LogP contribution is -2.51. The van der Waals surface area contributed by atoms with Crippen molar-refractivity contribution in [3.05, 3.63) is 56.3 Å². The second-order valence-electron chi connectivity index (χ2n) is 11.6. The highest BCUT2D eigenvalue weighted by atomic mass is 16.3. The Morgan fingerprint density at radius 2 is 1.78 bits per heavy atom. The molecule has 2 fully saturated rings. The van der Waals surface area contributed by atoms with Crippen molar-refractivity contribution in [2.75, 3.05) is 29.9 Å². The summed E-state index contributed by atoms with van der Waals surface area (Å²) in [5, 5.41) is 15.5. The van der Waals surface area contributed by atoms with E-state index in [0.29, 0.717) is 36.8 Å². The van der Waals surface area contributed by atoms with Crippen molar-refractivity contribution in [3.8, 4) is 0 Å². The number of nitrogens with zero attached hydrogens (tertiary/aromatic N) is 1. The molecule has 0 aromatic heterocycles. The first-order chi connectivity index (χ1) is 18.0. The van der Waals surface area contributed by atoms with Gasteiger partial charge in [0.25, 0.3) is 10.9 Å². The molecule has 2 aliphatic rings. The van der Waals surface area contributed by atoms with Crippen LogP contribution in [0.1, 0.15) is 96.0 Å². The lowest BCUT2D eigenvalue weighted by molar-refractivity contribution is -0.0392. The third-order valence-electron chi connectivity index (χ3n) is 8.96. The second kappa shape index (κ2) is 13.1. The van der Waals surface area contributed by atoms with Crippen LogP contribution in [0.15, 0.2) is 39.9 Å². The summed E-state index contributed by atoms with van der Waals surface area (Å²) in [4.78, 5) is 27.6. The van der Waals surface area contributed by atoms with Gasteiger partial charge in [-0.1, -0.05) is 95.0 Å². The Labute approximate surface area is 222 Å². The number of anilines is 2. The van der Waals surface area contributed by atoms with Gasteiger partial charge in [-0.25, -0.2) is 0 Å². The van der Waals surface area contributed by atoms with Crippen LogP contribution in [0.5, 0.6) is 0 Å². The maximum atomic E-state index is 12.8. The van der Waals surface area contributed by atoms with Crippen LogP contribution in [0.4, 0.5) is 11.4 Å². The van der Waals surface area contributed by atoms with Crippen LogP contribution in [0.25, 0.3) is 0 Å². The molecule has 1 saturated heterocycles. The Morgan fingerprint density at radius 1 is 1.03 bits per heavy atom. The number of hydrogen-bond donors (Lipinski definition) is 3. The predicted molar refractivity (Wildman–Crippen MR) is 153 cm³/mol. The van der Waals surface area contributed by atoms with E-state index in [2.05, 4.69) is 17.1 Å². The molecule has 3 atom stereocenters. The van der Waals surface area contributed by atoms with Crippen LogP contribution in [0, 0.1) is 11.8 Å². The molecule has 1 saturated carbocycles. The number of nitrogens with one attached hydrogen (secondary N) is 1. The van der Waals surface area contributed by atoms with Gasteiger partial charge in [0.1, 0.15) is 11.4 Å². The standard InChI is InChI=1S/C31H47N3O3/c1-2-3-4-11-18-31(37,24-15-9-6-10-16-24)25-17-12-19-34(22-25)28-27(29(35)30(28)36)33-26(21-32)20-23-13-7-5-8-14-23/h6,9-10,15-16,23,25-26,33,37H,2-5,7-8,11-14,17-22,32H2,1H3. The average Bonchev–Trinajstić information content (AvgIpc) is 2.95. The van der Waals surface area contributed by atoms with Gasteiger partial charge in [-0.05, 0) is 37.2 Å². The van der Waals surface area contributed by atoms with Gasteiger partial charge in [0.05, 0.1) is 5.60 Å². The predicted octanol–water partition coefficient (Wildman–Crippen LogP) is 5.07. The molecule has 0 radical (unpaired) electrons. The number of piperidine rings is 1. The topological polar surface area (TPSA) is 95.7 Å². The molecule has 0 spiro atoms. The van der Waals surface area contributed by atoms with E-state index in [9.17, 15) is 14.7 Å². The van der Waals surface area contributed by atoms with Crippen molar-refractivity contribution in [1.82, 2.24) is 0 Å². The van der Waals surface area contributed by atoms with Crippen molar-refractivity contribution in [2.45, 2.75) is 102 Å². The third-order valence-corrected chi connectivity index (χ3v) is 8.96. The summed E-state index contributed by atoms with van der Waals surface area (Å²) < 4.78 is 0. The summed E-state index contributed by atoms with van der Waals surface area (Å²) in [5.74, 6) is 0.632. The highest BCUT2D eigenvalue weighted by Crippen LogP contribution is 2.41. The van der Waals surface area contributed by atoms with Crippen LogP contribution >= 0.6 is 0 Å². The minimum Gasteiger partial charge on any atom is -0.385 e. The Kier molecular flexibility index (Phi) is 9.83. The zero-order valence-electron chi connectivity index (χ0n) is 22.7. The van der Waals surface area contributed by atoms with Gasteiger partial charge in [-0.15, -0.1) is 0 Å². The number of nitrogens with two attached hydrogens (primary N) is 1. The van der Waals surface area contributed by atoms with Crippen LogP contribution in [-0.4, -0.2) is 30.8 Å². The van der Waals surface area contributed by atoms with Crippen LogP contribution in [-0.2, 0) is 5.60 Å². The highest BCUT2D eigenvalue weighted by Gasteiger charge is 2.42. The normalized spacial score (nSPS) is 21.6. The van der Waals surface area contributed by atoms with E-state index in [0.717, 1.165) is 50.6 Å². The molecule has 204 valence electrons. The first-order valence-electron chi connectivity index (χ1n) is 14.8. The summed E-state index contributed by atoms with van der Waals surface area (Å²) in [7, 11) is 0. The lowest BCUT2D eigenvalue weighted by atomic mass is 9.74. The van der Waals surface area contributed by atoms with Crippen molar-refractivity contribution < 1.29 is 5.11 Å². The van der Waals surface area contributed by atoms with Gasteiger partial charge in [0.15, 0.2) is 0 Å². The summed E-state index contributed by atoms with van der Waals surface area (Å²) in [6.07, 6.45) is 14.2. The zero-order chi connectivity index (χ0) is 26.3. The summed E-state index contributed by atoms with van der Waals surface area (Å²) in [5.41, 5.74) is 6.26. The Hall–Kier alpha value is -2.18. The number of hydrogen-bond acceptors (Lipinski definition) is 6. The molecule has 3 unspecified atom stereocenters. The Bertz CT molecular complexity index is 1040. The van der Waals surface area contributed by atoms with Gasteiger partial charge in [-0.3, -0.25) is 9.59 Å². The van der Waals surface area contributed by atoms with E-state index in [1.165, 1.54) is 38.5 Å². The minimum atomic E-state index is -0.945. The van der Waals surface area contributed by atoms with E-state index in [4.69, 9.17) is 5.73 Å². The molecule has 6 nitrogen and oxygen atoms in total. The number of unbranched alkanes of at least 4 members (excludes halogenated alkanes) is 3. The number of aliphatic hydroxyl groups is 1. The van der Waals surface area contributed by atoms with Crippen LogP contribution in [0.2, 0.25) is 0 Å². The van der Waals surface area contributed by atoms with Crippen molar-refractivity contribution >= 4 is 11.4 Å². The fraction of sp³-hybridized carbons (Fsp3) is 0.677. The number of benzene rings is 1. The van der Waals surface area contributed by atoms with E-state index in [1.54, 1.807) is 0 Å². The zero-order valence-corrected chi connectivity index (χ0v) is 22.7. The fourth-order valence-electron chi connectivity index (χ4n) is 6.76. The largest absolute Gasteiger partial charge is 0.385 e. The molecule has 6 heteroatoms. The van der Waals surface area contributed by atoms with Gasteiger partial charge < -0.3 is 21.1 Å². The van der Waals surface area contributed by atoms with Crippen LogP contribution < -0.4 is 26.8 Å². The van der Waals surface area contributed by atoms with E-state index >= 15 is 0 Å². The monoisotopic (exact) mass is 509 g/mol. The SMILES string of the molecule is CCCCCCC(O)(c1ccccc1)C1CCCN(c2c(NC(CN)CC3CCCCC3)c(=O)c2=O)C1. The maximum absolute atomic E-state index is 12.8. The fourth-order valence-corrected chi connectivity index (χ4v) is 6.76. The quantitative estimate of drug-likeness (QED) is 0.258. The van der Waals surface area contributed by atoms with Crippen molar-refractivity contribution in [1.29, 1.82) is 0 Å². The van der Waals surface area contributed by atoms with Gasteiger partial charge >= 0.3 is 0 Å². The Balaban J connectivity index is 1.50. The average molecular weight is 510 g/mol. The Morgan fingerprint density at radius 3 is 2.49 bits per heavy atom. The molecule has 1 aliphatic heterocycles. The first kappa shape index (κ1) is 27.8. The van der Waals surface area contributed by atoms with Crippen molar-refractivity contribution in [3.63, 3.8) is 0 Å². The summed E-state index contributed by atoms with van der Waals surface area (Å²) >= 11 is 0. The molecule has 4 rings (SSSR count). The molecular weight excluding hydrogens is 462 g/mol. The molecule has 2 aromatic rings. The molecule has 0 bridgehead atoms. The van der Waals surface area contributed by atoms with Crippen molar-refractivity contribution in [2.24, 2.45) is 17.6 Å². The molecular formula is C31H47N3O3. The molecule has 1 heterocycles. The minimum absolute atomic E-state index is 0.00456. The van der Waals surface area contributed by atoms with E-state index < -0.39 is 16.5 Å². The molecule has 37 heavy (non-hydrogen) atoms. The second-order valence-corrected chi connectivity index (χ2v) is 11.6. The molecule has 1 aliphatic carbocycles. The third kappa shape index (κ3) is 6.46. The molecule has 4 N–H and O–H groups in total. The maximum Gasteiger partial charge on any atom is 0.253 e. The molecule has 0 amide bonds. The lowest BCUT2D eigenvalue weighted by Gasteiger charge is -2.44. The highest BCUT2D eigenvalue weighted by molar-refractivity contribution is 5.75.